The highest BCUT2D eigenvalue weighted by Crippen LogP contribution is 2.70. The van der Waals surface area contributed by atoms with Crippen molar-refractivity contribution in [1.82, 2.24) is 9.80 Å². The van der Waals surface area contributed by atoms with Crippen LogP contribution in [0.1, 0.15) is 86.5 Å². The number of nitrogens with zero attached hydrogens (tertiary/aromatic N) is 3. The van der Waals surface area contributed by atoms with E-state index in [1.165, 1.54) is 31.2 Å². The van der Waals surface area contributed by atoms with Crippen LogP contribution in [0.5, 0.6) is 17.2 Å². The van der Waals surface area contributed by atoms with Crippen LogP contribution in [-0.4, -0.2) is 134 Å². The third-order valence-electron chi connectivity index (χ3n) is 17.4. The van der Waals surface area contributed by atoms with Crippen molar-refractivity contribution in [3.63, 3.8) is 0 Å². The minimum absolute atomic E-state index is 0.00169. The standard InChI is InChI=1S/C23H26N2O4.C23H29NO7S/c1-24-16-5-4-15-12-17-22(26)6-7-23(27-10-11-28-23)20-21(22,18(15)19(16)29-20)8-9-25(17)13-14-2-3-14;1-32(26,27)31-16-5-4-15-12-17-22(25)6-7-23(28-10-11-29-23)20-21(22,18(15)19(16)30-20)8-9-24(17)13-14-2-3-14/h4-5,14,17,20,26H,2-3,6-13H2;4-5,14,17,20,25H,2-3,6-13H2,1H3/t2*17-,20?,21+,22?/m11/s1. The van der Waals surface area contributed by atoms with Crippen LogP contribution in [0.25, 0.3) is 4.85 Å². The molecule has 12 aliphatic rings. The molecule has 61 heavy (non-hydrogen) atoms. The van der Waals surface area contributed by atoms with Crippen molar-refractivity contribution in [1.29, 1.82) is 0 Å². The Morgan fingerprint density at radius 1 is 0.705 bits per heavy atom. The van der Waals surface area contributed by atoms with Gasteiger partial charge in [-0.25, -0.2) is 4.85 Å². The minimum Gasteiger partial charge on any atom is -0.494 e. The zero-order chi connectivity index (χ0) is 41.4. The van der Waals surface area contributed by atoms with Gasteiger partial charge < -0.3 is 42.8 Å². The molecule has 0 amide bonds. The molecule has 14 rings (SSSR count). The molecule has 4 saturated heterocycles. The molecule has 4 bridgehead atoms. The summed E-state index contributed by atoms with van der Waals surface area (Å²) >= 11 is 0. The maximum absolute atomic E-state index is 12.5. The van der Waals surface area contributed by atoms with Gasteiger partial charge >= 0.3 is 10.1 Å². The van der Waals surface area contributed by atoms with Crippen molar-refractivity contribution in [2.45, 2.75) is 135 Å². The Kier molecular flexibility index (Phi) is 7.94. The zero-order valence-electron chi connectivity index (χ0n) is 34.7. The van der Waals surface area contributed by atoms with Gasteiger partial charge in [0.15, 0.2) is 23.7 Å². The summed E-state index contributed by atoms with van der Waals surface area (Å²) in [6.45, 7) is 13.7. The van der Waals surface area contributed by atoms with E-state index in [0.717, 1.165) is 80.2 Å². The summed E-state index contributed by atoms with van der Waals surface area (Å²) in [5.41, 5.74) is 1.75. The lowest BCUT2D eigenvalue weighted by Crippen LogP contribution is -2.79. The second kappa shape index (κ2) is 12.6. The summed E-state index contributed by atoms with van der Waals surface area (Å²) in [7, 11) is -3.73. The summed E-state index contributed by atoms with van der Waals surface area (Å²) in [5, 5.41) is 24.9. The molecule has 8 fully saturated rings. The van der Waals surface area contributed by atoms with E-state index in [1.54, 1.807) is 6.07 Å². The first-order valence-electron chi connectivity index (χ1n) is 22.8. The molecule has 8 atom stereocenters. The Hall–Kier alpha value is -3.04. The zero-order valence-corrected chi connectivity index (χ0v) is 35.6. The third kappa shape index (κ3) is 4.98. The van der Waals surface area contributed by atoms with E-state index >= 15 is 0 Å². The van der Waals surface area contributed by atoms with E-state index in [1.807, 2.05) is 12.1 Å². The van der Waals surface area contributed by atoms with Gasteiger partial charge in [-0.15, -0.1) is 0 Å². The normalized spacial score (nSPS) is 40.0. The van der Waals surface area contributed by atoms with E-state index < -0.39 is 55.9 Å². The lowest BCUT2D eigenvalue weighted by atomic mass is 9.48. The molecule has 2 aromatic rings. The van der Waals surface area contributed by atoms with Crippen LogP contribution in [-0.2, 0) is 52.7 Å². The molecule has 4 saturated carbocycles. The van der Waals surface area contributed by atoms with Crippen LogP contribution in [0.2, 0.25) is 0 Å². The van der Waals surface area contributed by atoms with E-state index in [4.69, 9.17) is 39.2 Å². The number of ether oxygens (including phenoxy) is 6. The van der Waals surface area contributed by atoms with Gasteiger partial charge in [0.25, 0.3) is 0 Å². The monoisotopic (exact) mass is 857 g/mol. The van der Waals surface area contributed by atoms with Gasteiger partial charge in [0, 0.05) is 43.6 Å². The average molecular weight is 858 g/mol. The number of rotatable bonds is 6. The average Bonchev–Trinajstić information content (AvgIpc) is 4.01. The Bertz CT molecular complexity index is 2370. The van der Waals surface area contributed by atoms with Crippen LogP contribution in [0.4, 0.5) is 5.69 Å². The Morgan fingerprint density at radius 3 is 1.66 bits per heavy atom. The summed E-state index contributed by atoms with van der Waals surface area (Å²) in [5.74, 6) is 1.10. The van der Waals surface area contributed by atoms with E-state index in [0.29, 0.717) is 75.7 Å². The fraction of sp³-hybridized carbons (Fsp3) is 0.717. The summed E-state index contributed by atoms with van der Waals surface area (Å²) in [6, 6.07) is 7.74. The molecule has 2 aromatic carbocycles. The first-order valence-corrected chi connectivity index (χ1v) is 24.6. The van der Waals surface area contributed by atoms with Crippen molar-refractivity contribution in [3.8, 4) is 17.2 Å². The highest BCUT2D eigenvalue weighted by Gasteiger charge is 2.79. The molecule has 4 spiro atoms. The van der Waals surface area contributed by atoms with E-state index in [9.17, 15) is 18.6 Å². The van der Waals surface area contributed by atoms with Crippen LogP contribution < -0.4 is 13.7 Å². The topological polar surface area (TPSA) is 150 Å². The number of piperidine rings is 2. The van der Waals surface area contributed by atoms with Crippen LogP contribution in [0.15, 0.2) is 24.3 Å². The molecule has 6 aliphatic heterocycles. The number of hydrogen-bond acceptors (Lipinski definition) is 13. The van der Waals surface area contributed by atoms with Crippen molar-refractivity contribution in [3.05, 3.63) is 57.9 Å². The molecule has 2 N–H and O–H groups in total. The van der Waals surface area contributed by atoms with Crippen molar-refractivity contribution in [2.75, 3.05) is 58.9 Å². The SMILES string of the molecule is CS(=O)(=O)Oc1ccc2c3c1OC1C4(CCC5(O)[C@@H](C2)N(CC2CC2)CC[C@]315)OCCO4.[C-]#[N+]c1ccc2c3c1OC1C4(CCC5(O)[C@@H](C2)N(CC2CC2)CC[C@]315)OCCO4. The van der Waals surface area contributed by atoms with Gasteiger partial charge in [0.05, 0.1) is 61.3 Å². The number of likely N-dealkylation sites (tertiary alicyclic amines) is 2. The molecular weight excluding hydrogens is 803 g/mol. The molecule has 0 radical (unpaired) electrons. The highest BCUT2D eigenvalue weighted by atomic mass is 32.2. The van der Waals surface area contributed by atoms with E-state index in [2.05, 4.69) is 20.7 Å². The Morgan fingerprint density at radius 2 is 1.18 bits per heavy atom. The molecular formula is C46H55N3O11S. The van der Waals surface area contributed by atoms with Crippen LogP contribution in [0, 0.1) is 18.4 Å². The number of aliphatic hydroxyl groups is 2. The molecule has 326 valence electrons. The molecule has 14 nitrogen and oxygen atoms in total. The first-order chi connectivity index (χ1) is 29.4. The Labute approximate surface area is 356 Å². The van der Waals surface area contributed by atoms with Gasteiger partial charge in [0.2, 0.25) is 17.3 Å². The maximum Gasteiger partial charge on any atom is 0.306 e. The fourth-order valence-electron chi connectivity index (χ4n) is 14.7. The smallest absolute Gasteiger partial charge is 0.306 e. The lowest BCUT2D eigenvalue weighted by Gasteiger charge is -2.65. The first kappa shape index (κ1) is 38.4. The molecule has 15 heteroatoms. The Balaban J connectivity index is 0.000000125. The number of benzene rings is 2. The predicted molar refractivity (Wildman–Crippen MR) is 217 cm³/mol. The molecule has 6 aliphatic carbocycles. The minimum atomic E-state index is -3.73. The second-order valence-corrected chi connectivity index (χ2v) is 22.0. The van der Waals surface area contributed by atoms with Crippen LogP contribution in [0.3, 0.4) is 0 Å². The van der Waals surface area contributed by atoms with Crippen LogP contribution >= 0.6 is 0 Å². The largest absolute Gasteiger partial charge is 0.494 e. The summed E-state index contributed by atoms with van der Waals surface area (Å²) in [4.78, 5) is 8.79. The second-order valence-electron chi connectivity index (χ2n) is 20.4. The summed E-state index contributed by atoms with van der Waals surface area (Å²) in [6.07, 6.45) is 10.8. The lowest BCUT2D eigenvalue weighted by molar-refractivity contribution is -0.296. The van der Waals surface area contributed by atoms with Gasteiger partial charge in [-0.1, -0.05) is 18.2 Å². The van der Waals surface area contributed by atoms with Crippen molar-refractivity contribution >= 4 is 15.8 Å². The number of hydrogen-bond donors (Lipinski definition) is 2. The van der Waals surface area contributed by atoms with Gasteiger partial charge in [-0.3, -0.25) is 9.80 Å². The quantitative estimate of drug-likeness (QED) is 0.320. The van der Waals surface area contributed by atoms with E-state index in [-0.39, 0.29) is 17.8 Å². The fourth-order valence-corrected chi connectivity index (χ4v) is 15.2. The number of fused-ring (bicyclic) bond motifs is 2. The predicted octanol–water partition coefficient (Wildman–Crippen LogP) is 3.88. The maximum atomic E-state index is 12.5. The molecule has 4 unspecified atom stereocenters. The highest BCUT2D eigenvalue weighted by molar-refractivity contribution is 7.86. The van der Waals surface area contributed by atoms with Gasteiger partial charge in [-0.05, 0) is 112 Å². The van der Waals surface area contributed by atoms with Gasteiger partial charge in [0.1, 0.15) is 5.75 Å². The van der Waals surface area contributed by atoms with Crippen molar-refractivity contribution in [2.24, 2.45) is 11.8 Å². The summed E-state index contributed by atoms with van der Waals surface area (Å²) < 4.78 is 67.2. The molecule has 0 aromatic heterocycles. The molecule has 6 heterocycles. The van der Waals surface area contributed by atoms with Crippen molar-refractivity contribution < 1.29 is 51.2 Å². The third-order valence-corrected chi connectivity index (χ3v) is 17.9. The van der Waals surface area contributed by atoms with Gasteiger partial charge in [-0.2, -0.15) is 8.42 Å².